The summed E-state index contributed by atoms with van der Waals surface area (Å²) in [5, 5.41) is 14.6. The Hall–Kier alpha value is -3.50. The van der Waals surface area contributed by atoms with Crippen molar-refractivity contribution in [3.8, 4) is 0 Å². The topological polar surface area (TPSA) is 144 Å². The van der Waals surface area contributed by atoms with Crippen LogP contribution in [0.15, 0.2) is 93.3 Å². The molecule has 16 heteroatoms. The number of hydrogen-bond acceptors (Lipinski definition) is 6. The number of alkyl halides is 3. The highest BCUT2D eigenvalue weighted by Crippen LogP contribution is 2.32. The molecule has 3 aromatic carbocycles. The van der Waals surface area contributed by atoms with Gasteiger partial charge >= 0.3 is 16.5 Å². The van der Waals surface area contributed by atoms with E-state index in [9.17, 15) is 30.0 Å². The summed E-state index contributed by atoms with van der Waals surface area (Å²) in [6.45, 7) is 0.167. The van der Waals surface area contributed by atoms with Gasteiger partial charge in [-0.2, -0.15) is 35.1 Å². The average Bonchev–Trinajstić information content (AvgIpc) is 3.37. The fourth-order valence-electron chi connectivity index (χ4n) is 4.73. The van der Waals surface area contributed by atoms with Crippen LogP contribution in [0.5, 0.6) is 0 Å². The lowest BCUT2D eigenvalue weighted by atomic mass is 9.89. The molecule has 1 saturated carbocycles. The molecule has 0 bridgehead atoms. The Morgan fingerprint density at radius 1 is 0.977 bits per heavy atom. The molecule has 0 saturated heterocycles. The number of benzene rings is 3. The summed E-state index contributed by atoms with van der Waals surface area (Å²) in [6, 6.07) is 18.9. The van der Waals surface area contributed by atoms with Crippen molar-refractivity contribution in [1.82, 2.24) is 10.3 Å². The molecule has 1 heterocycles. The van der Waals surface area contributed by atoms with E-state index in [-0.39, 0.29) is 31.3 Å². The molecule has 3 N–H and O–H groups in total. The van der Waals surface area contributed by atoms with Crippen molar-refractivity contribution in [2.45, 2.75) is 42.0 Å². The molecular weight excluding hydrogens is 631 g/mol. The van der Waals surface area contributed by atoms with Crippen LogP contribution in [0.3, 0.4) is 0 Å². The van der Waals surface area contributed by atoms with Crippen LogP contribution in [0.1, 0.15) is 35.4 Å². The monoisotopic (exact) mass is 655 g/mol. The Balaban J connectivity index is 1.51. The van der Waals surface area contributed by atoms with Crippen molar-refractivity contribution in [2.24, 2.45) is 14.6 Å². The van der Waals surface area contributed by atoms with E-state index < -0.39 is 49.1 Å². The Kier molecular flexibility index (Phi) is 8.55. The van der Waals surface area contributed by atoms with Crippen molar-refractivity contribution in [1.29, 1.82) is 0 Å². The number of rotatable bonds is 7. The van der Waals surface area contributed by atoms with Gasteiger partial charge in [0, 0.05) is 17.0 Å². The largest absolute Gasteiger partial charge is 0.416 e. The Morgan fingerprint density at radius 3 is 2.19 bits per heavy atom. The molecule has 5 rings (SSSR count). The van der Waals surface area contributed by atoms with Gasteiger partial charge in [0.1, 0.15) is 0 Å². The molecular formula is C27H25ClF3N5O5S2. The third kappa shape index (κ3) is 7.54. The Labute approximate surface area is 251 Å². The van der Waals surface area contributed by atoms with E-state index in [1.54, 1.807) is 24.3 Å². The number of sulfonamides is 1. The fourth-order valence-corrected chi connectivity index (χ4v) is 6.35. The first-order valence-corrected chi connectivity index (χ1v) is 16.1. The minimum atomic E-state index is -4.65. The van der Waals surface area contributed by atoms with E-state index in [1.807, 2.05) is 30.3 Å². The van der Waals surface area contributed by atoms with Crippen LogP contribution in [0.4, 0.5) is 13.2 Å². The van der Waals surface area contributed by atoms with Gasteiger partial charge in [0.25, 0.3) is 10.0 Å². The van der Waals surface area contributed by atoms with E-state index in [1.165, 1.54) is 5.01 Å². The highest BCUT2D eigenvalue weighted by molar-refractivity contribution is 7.90. The zero-order chi connectivity index (χ0) is 31.0. The Morgan fingerprint density at radius 2 is 1.60 bits per heavy atom. The van der Waals surface area contributed by atoms with E-state index in [2.05, 4.69) is 9.71 Å². The normalized spacial score (nSPS) is 21.3. The highest BCUT2D eigenvalue weighted by Gasteiger charge is 2.38. The van der Waals surface area contributed by atoms with E-state index in [0.29, 0.717) is 22.9 Å². The van der Waals surface area contributed by atoms with Crippen LogP contribution in [0.25, 0.3) is 0 Å². The fraction of sp³-hybridized carbons (Fsp3) is 0.259. The van der Waals surface area contributed by atoms with Crippen LogP contribution in [0.2, 0.25) is 5.02 Å². The summed E-state index contributed by atoms with van der Waals surface area (Å²) in [6.07, 6.45) is -5.03. The van der Waals surface area contributed by atoms with Gasteiger partial charge in [0.2, 0.25) is 5.96 Å². The second-order valence-electron chi connectivity index (χ2n) is 9.97. The zero-order valence-electron chi connectivity index (χ0n) is 22.1. The lowest BCUT2D eigenvalue weighted by Gasteiger charge is -2.36. The maximum Gasteiger partial charge on any atom is 0.416 e. The van der Waals surface area contributed by atoms with Crippen molar-refractivity contribution >= 4 is 43.6 Å². The van der Waals surface area contributed by atoms with Crippen molar-refractivity contribution in [3.05, 3.63) is 101 Å². The molecule has 1 atom stereocenters. The average molecular weight is 656 g/mol. The van der Waals surface area contributed by atoms with Crippen LogP contribution >= 0.6 is 11.6 Å². The molecule has 0 aromatic heterocycles. The molecule has 43 heavy (non-hydrogen) atoms. The lowest BCUT2D eigenvalue weighted by Crippen LogP contribution is -2.52. The van der Waals surface area contributed by atoms with Gasteiger partial charge in [0.15, 0.2) is 0 Å². The quantitative estimate of drug-likeness (QED) is 0.286. The van der Waals surface area contributed by atoms with E-state index in [4.69, 9.17) is 26.0 Å². The molecule has 0 spiro atoms. The lowest BCUT2D eigenvalue weighted by molar-refractivity contribution is -0.137. The minimum Gasteiger partial charge on any atom is -0.351 e. The van der Waals surface area contributed by atoms with Gasteiger partial charge in [-0.1, -0.05) is 54.1 Å². The first-order valence-electron chi connectivity index (χ1n) is 12.8. The van der Waals surface area contributed by atoms with Gasteiger partial charge in [-0.25, -0.2) is 10.1 Å². The molecule has 228 valence electrons. The number of hydrazone groups is 1. The maximum atomic E-state index is 13.3. The highest BCUT2D eigenvalue weighted by atomic mass is 35.5. The van der Waals surface area contributed by atoms with E-state index in [0.717, 1.165) is 23.3 Å². The predicted octanol–water partition coefficient (Wildman–Crippen LogP) is 4.25. The first-order chi connectivity index (χ1) is 20.2. The SMILES string of the molecule is NS(=O)(=O)O[C@H]1C[C@@H](N/C(=N\S(=O)(=O)c2ccc(C(F)(F)F)cc2)N2C[C@H](c3ccccc3)C(c3ccc(Cl)cc3)=N2)C1. The molecule has 10 nitrogen and oxygen atoms in total. The molecule has 0 unspecified atom stereocenters. The predicted molar refractivity (Wildman–Crippen MR) is 154 cm³/mol. The van der Waals surface area contributed by atoms with Crippen LogP contribution in [-0.2, 0) is 30.7 Å². The summed E-state index contributed by atoms with van der Waals surface area (Å²) in [4.78, 5) is -0.454. The number of nitrogens with zero attached hydrogens (tertiary/aromatic N) is 3. The second kappa shape index (κ2) is 11.9. The smallest absolute Gasteiger partial charge is 0.351 e. The summed E-state index contributed by atoms with van der Waals surface area (Å²) in [5.74, 6) is -0.508. The van der Waals surface area contributed by atoms with Gasteiger partial charge < -0.3 is 5.32 Å². The first kappa shape index (κ1) is 30.9. The standard InChI is InChI=1S/C27H25ClF3N5O5S2/c28-20-10-6-18(7-11-20)25-24(17-4-2-1-3-5-17)16-36(34-25)26(33-21-14-22(15-21)41-43(32,39)40)35-42(37,38)23-12-8-19(9-13-23)27(29,30)31/h1-13,21-22,24H,14-16H2,(H,33,35)(H2,32,39,40)/t21-,22+,24-/m1/s1. The molecule has 0 amide bonds. The van der Waals surface area contributed by atoms with Crippen LogP contribution in [0, 0.1) is 0 Å². The van der Waals surface area contributed by atoms with E-state index >= 15 is 0 Å². The summed E-state index contributed by atoms with van der Waals surface area (Å²) in [7, 11) is -8.70. The molecule has 1 aliphatic carbocycles. The summed E-state index contributed by atoms with van der Waals surface area (Å²) in [5.41, 5.74) is 1.23. The van der Waals surface area contributed by atoms with Gasteiger partial charge in [0.05, 0.1) is 28.8 Å². The number of halogens is 4. The molecule has 0 radical (unpaired) electrons. The van der Waals surface area contributed by atoms with Crippen LogP contribution < -0.4 is 10.5 Å². The minimum absolute atomic E-state index is 0.166. The molecule has 1 aliphatic heterocycles. The third-order valence-electron chi connectivity index (χ3n) is 6.88. The molecule has 3 aromatic rings. The number of nitrogens with one attached hydrogen (secondary N) is 1. The summed E-state index contributed by atoms with van der Waals surface area (Å²) < 4.78 is 97.1. The maximum absolute atomic E-state index is 13.3. The van der Waals surface area contributed by atoms with Crippen LogP contribution in [-0.4, -0.2) is 52.2 Å². The zero-order valence-corrected chi connectivity index (χ0v) is 24.5. The summed E-state index contributed by atoms with van der Waals surface area (Å²) >= 11 is 6.08. The number of hydrogen-bond donors (Lipinski definition) is 2. The molecule has 2 aliphatic rings. The second-order valence-corrected chi connectivity index (χ2v) is 13.2. The molecule has 1 fully saturated rings. The van der Waals surface area contributed by atoms with Crippen molar-refractivity contribution < 1.29 is 34.2 Å². The number of nitrogens with two attached hydrogens (primary N) is 1. The third-order valence-corrected chi connectivity index (χ3v) is 8.96. The van der Waals surface area contributed by atoms with Gasteiger partial charge in [-0.05, 0) is 60.4 Å². The van der Waals surface area contributed by atoms with Gasteiger partial charge in [-0.3, -0.25) is 4.18 Å². The Bertz CT molecular complexity index is 1750. The van der Waals surface area contributed by atoms with Crippen molar-refractivity contribution in [3.63, 3.8) is 0 Å². The van der Waals surface area contributed by atoms with Crippen molar-refractivity contribution in [2.75, 3.05) is 6.54 Å². The van der Waals surface area contributed by atoms with Gasteiger partial charge in [-0.15, -0.1) is 4.40 Å². The number of guanidine groups is 1.